The second-order valence-electron chi connectivity index (χ2n) is 6.90. The van der Waals surface area contributed by atoms with Gasteiger partial charge in [0.25, 0.3) is 5.56 Å². The number of sulfonamides is 1. The monoisotopic (exact) mass is 491 g/mol. The number of carbonyl (C=O) groups is 1. The summed E-state index contributed by atoms with van der Waals surface area (Å²) in [6, 6.07) is 14.5. The smallest absolute Gasteiger partial charge is 0.279 e. The van der Waals surface area contributed by atoms with Crippen LogP contribution < -0.4 is 15.6 Å². The number of pyridine rings is 1. The van der Waals surface area contributed by atoms with Crippen molar-refractivity contribution >= 4 is 51.0 Å². The highest BCUT2D eigenvalue weighted by molar-refractivity contribution is 7.91. The van der Waals surface area contributed by atoms with Crippen molar-refractivity contribution < 1.29 is 13.2 Å². The third-order valence-corrected chi connectivity index (χ3v) is 6.42. The summed E-state index contributed by atoms with van der Waals surface area (Å²) in [5.41, 5.74) is 1.03. The molecule has 0 unspecified atom stereocenters. The van der Waals surface area contributed by atoms with E-state index in [9.17, 15) is 18.0 Å². The fourth-order valence-corrected chi connectivity index (χ4v) is 4.82. The maximum absolute atomic E-state index is 13.2. The first-order valence-corrected chi connectivity index (χ1v) is 11.7. The Balaban J connectivity index is 2.07. The van der Waals surface area contributed by atoms with Gasteiger partial charge in [-0.3, -0.25) is 18.9 Å². The summed E-state index contributed by atoms with van der Waals surface area (Å²) in [6.45, 7) is 5.40. The maximum Gasteiger partial charge on any atom is 0.279 e. The van der Waals surface area contributed by atoms with E-state index >= 15 is 0 Å². The number of amides is 1. The van der Waals surface area contributed by atoms with Gasteiger partial charge in [-0.25, -0.2) is 8.42 Å². The van der Waals surface area contributed by atoms with Gasteiger partial charge in [-0.1, -0.05) is 60.1 Å². The summed E-state index contributed by atoms with van der Waals surface area (Å²) < 4.78 is 28.9. The molecule has 2 aromatic carbocycles. The van der Waals surface area contributed by atoms with E-state index in [0.717, 1.165) is 0 Å². The summed E-state index contributed by atoms with van der Waals surface area (Å²) in [6.07, 6.45) is 0.443. The summed E-state index contributed by atoms with van der Waals surface area (Å²) in [5, 5.41) is 2.77. The minimum atomic E-state index is -3.85. The molecule has 10 heteroatoms. The molecule has 0 saturated heterocycles. The SMILES string of the molecule is C=C(NC=O)c1cc(Cl)cc(-n2c(C)ccc(NS(=O)(=O)Cc3ccccc3)c2=O)c1Cl. The van der Waals surface area contributed by atoms with E-state index in [-0.39, 0.29) is 32.9 Å². The Kier molecular flexibility index (Phi) is 7.08. The molecule has 0 radical (unpaired) electrons. The standard InChI is InChI=1S/C22H19Cl2N3O4S/c1-14-8-9-19(26-32(30,31)12-16-6-4-3-5-7-16)22(29)27(14)20-11-17(23)10-18(21(20)24)15(2)25-13-28/h3-11,13,26H,2,12H2,1H3,(H,25,28). The molecule has 2 N–H and O–H groups in total. The number of rotatable bonds is 8. The van der Waals surface area contributed by atoms with Gasteiger partial charge in [-0.2, -0.15) is 0 Å². The predicted octanol–water partition coefficient (Wildman–Crippen LogP) is 4.11. The summed E-state index contributed by atoms with van der Waals surface area (Å²) >= 11 is 12.7. The molecule has 32 heavy (non-hydrogen) atoms. The first-order valence-electron chi connectivity index (χ1n) is 9.29. The van der Waals surface area contributed by atoms with Crippen LogP contribution in [-0.4, -0.2) is 19.4 Å². The van der Waals surface area contributed by atoms with E-state index in [1.807, 2.05) is 0 Å². The Morgan fingerprint density at radius 3 is 2.47 bits per heavy atom. The average Bonchev–Trinajstić information content (AvgIpc) is 2.73. The van der Waals surface area contributed by atoms with Crippen LogP contribution in [0.4, 0.5) is 5.69 Å². The molecule has 0 aliphatic carbocycles. The zero-order chi connectivity index (χ0) is 23.5. The Labute approximate surface area is 195 Å². The summed E-state index contributed by atoms with van der Waals surface area (Å²) in [4.78, 5) is 24.0. The van der Waals surface area contributed by atoms with Crippen LogP contribution in [0.5, 0.6) is 0 Å². The van der Waals surface area contributed by atoms with E-state index in [1.165, 1.54) is 22.8 Å². The van der Waals surface area contributed by atoms with Crippen LogP contribution in [0.15, 0.2) is 66.0 Å². The molecule has 3 aromatic rings. The summed E-state index contributed by atoms with van der Waals surface area (Å²) in [5.74, 6) is -0.291. The molecule has 0 aliphatic heterocycles. The molecule has 0 bridgehead atoms. The molecule has 0 aliphatic rings. The minimum absolute atomic E-state index is 0.114. The highest BCUT2D eigenvalue weighted by Gasteiger charge is 2.19. The zero-order valence-electron chi connectivity index (χ0n) is 16.9. The van der Waals surface area contributed by atoms with Crippen molar-refractivity contribution in [1.29, 1.82) is 0 Å². The van der Waals surface area contributed by atoms with Crippen molar-refractivity contribution in [2.45, 2.75) is 12.7 Å². The van der Waals surface area contributed by atoms with Crippen molar-refractivity contribution in [3.8, 4) is 5.69 Å². The van der Waals surface area contributed by atoms with Crippen LogP contribution in [0.25, 0.3) is 11.4 Å². The molecule has 0 spiro atoms. The van der Waals surface area contributed by atoms with E-state index in [2.05, 4.69) is 16.6 Å². The molecular formula is C22H19Cl2N3O4S. The number of hydrogen-bond acceptors (Lipinski definition) is 4. The second kappa shape index (κ2) is 9.60. The van der Waals surface area contributed by atoms with Gasteiger partial charge in [0.15, 0.2) is 0 Å². The van der Waals surface area contributed by atoms with Crippen molar-refractivity contribution in [2.24, 2.45) is 0 Å². The Bertz CT molecular complexity index is 1350. The molecule has 1 amide bonds. The fraction of sp³-hybridized carbons (Fsp3) is 0.0909. The van der Waals surface area contributed by atoms with Gasteiger partial charge < -0.3 is 5.32 Å². The molecule has 1 heterocycles. The Morgan fingerprint density at radius 2 is 1.81 bits per heavy atom. The van der Waals surface area contributed by atoms with Gasteiger partial charge in [0.2, 0.25) is 16.4 Å². The van der Waals surface area contributed by atoms with Gasteiger partial charge in [0.1, 0.15) is 5.69 Å². The zero-order valence-corrected chi connectivity index (χ0v) is 19.3. The molecule has 1 aromatic heterocycles. The first-order chi connectivity index (χ1) is 15.1. The lowest BCUT2D eigenvalue weighted by Gasteiger charge is -2.17. The van der Waals surface area contributed by atoms with E-state index in [0.29, 0.717) is 23.2 Å². The molecule has 7 nitrogen and oxygen atoms in total. The van der Waals surface area contributed by atoms with Crippen LogP contribution in [-0.2, 0) is 20.6 Å². The Morgan fingerprint density at radius 1 is 1.12 bits per heavy atom. The normalized spacial score (nSPS) is 11.1. The fourth-order valence-electron chi connectivity index (χ4n) is 3.11. The molecule has 166 valence electrons. The Hall–Kier alpha value is -3.07. The topological polar surface area (TPSA) is 97.3 Å². The number of halogens is 2. The number of nitrogens with one attached hydrogen (secondary N) is 2. The maximum atomic E-state index is 13.2. The number of nitrogens with zero attached hydrogens (tertiary/aromatic N) is 1. The van der Waals surface area contributed by atoms with Gasteiger partial charge in [-0.05, 0) is 36.8 Å². The van der Waals surface area contributed by atoms with E-state index in [1.54, 1.807) is 43.3 Å². The van der Waals surface area contributed by atoms with Crippen molar-refractivity contribution in [3.63, 3.8) is 0 Å². The predicted molar refractivity (Wildman–Crippen MR) is 128 cm³/mol. The number of benzene rings is 2. The van der Waals surface area contributed by atoms with Crippen LogP contribution in [0, 0.1) is 6.92 Å². The summed E-state index contributed by atoms with van der Waals surface area (Å²) in [7, 11) is -3.85. The van der Waals surface area contributed by atoms with Crippen LogP contribution in [0.3, 0.4) is 0 Å². The van der Waals surface area contributed by atoms with Gasteiger partial charge in [0, 0.05) is 22.0 Å². The molecule has 0 atom stereocenters. The van der Waals surface area contributed by atoms with E-state index < -0.39 is 15.6 Å². The van der Waals surface area contributed by atoms with Crippen molar-refractivity contribution in [1.82, 2.24) is 9.88 Å². The van der Waals surface area contributed by atoms with Crippen molar-refractivity contribution in [3.05, 3.63) is 98.4 Å². The van der Waals surface area contributed by atoms with E-state index in [4.69, 9.17) is 23.2 Å². The second-order valence-corrected chi connectivity index (χ2v) is 9.44. The number of carbonyl (C=O) groups excluding carboxylic acids is 1. The largest absolute Gasteiger partial charge is 0.329 e. The number of aryl methyl sites for hydroxylation is 1. The van der Waals surface area contributed by atoms with Crippen LogP contribution in [0.1, 0.15) is 16.8 Å². The number of hydrogen-bond donors (Lipinski definition) is 2. The number of anilines is 1. The van der Waals surface area contributed by atoms with Crippen LogP contribution in [0.2, 0.25) is 10.0 Å². The molecular weight excluding hydrogens is 473 g/mol. The molecule has 3 rings (SSSR count). The third-order valence-electron chi connectivity index (χ3n) is 4.56. The highest BCUT2D eigenvalue weighted by Crippen LogP contribution is 2.32. The minimum Gasteiger partial charge on any atom is -0.329 e. The number of aromatic nitrogens is 1. The lowest BCUT2D eigenvalue weighted by molar-refractivity contribution is -0.108. The molecule has 0 saturated carbocycles. The van der Waals surface area contributed by atoms with Gasteiger partial charge in [0.05, 0.1) is 16.5 Å². The van der Waals surface area contributed by atoms with Gasteiger partial charge >= 0.3 is 0 Å². The molecule has 0 fully saturated rings. The lowest BCUT2D eigenvalue weighted by atomic mass is 10.1. The third kappa shape index (κ3) is 5.21. The van der Waals surface area contributed by atoms with Crippen molar-refractivity contribution in [2.75, 3.05) is 4.72 Å². The first kappa shape index (κ1) is 23.6. The lowest BCUT2D eigenvalue weighted by Crippen LogP contribution is -2.27. The highest BCUT2D eigenvalue weighted by atomic mass is 35.5. The van der Waals surface area contributed by atoms with Crippen LogP contribution >= 0.6 is 23.2 Å². The van der Waals surface area contributed by atoms with Gasteiger partial charge in [-0.15, -0.1) is 0 Å². The quantitative estimate of drug-likeness (QED) is 0.463. The average molecular weight is 492 g/mol.